The number of rotatable bonds is 4. The molecule has 6 heteroatoms. The van der Waals surface area contributed by atoms with Gasteiger partial charge in [0.25, 0.3) is 0 Å². The number of halogens is 4. The SMILES string of the molecule is Brc1ccc(C(OC2CC[N]CC2)c2ccc(Br)cc2Br)c(Br)c1. The Morgan fingerprint density at radius 3 is 1.79 bits per heavy atom. The van der Waals surface area contributed by atoms with Crippen molar-refractivity contribution in [1.82, 2.24) is 5.32 Å². The average Bonchev–Trinajstić information content (AvgIpc) is 2.55. The van der Waals surface area contributed by atoms with Crippen LogP contribution in [0.4, 0.5) is 0 Å². The standard InChI is InChI=1S/C18H16Br4NO/c19-11-1-3-14(16(21)9-11)18(24-13-5-7-23-8-6-13)15-4-2-12(20)10-17(15)22/h1-4,9-10,13,18H,5-8H2. The van der Waals surface area contributed by atoms with E-state index in [0.717, 1.165) is 54.9 Å². The molecule has 0 bridgehead atoms. The monoisotopic (exact) mass is 578 g/mol. The van der Waals surface area contributed by atoms with E-state index in [2.05, 4.69) is 105 Å². The minimum atomic E-state index is -0.127. The van der Waals surface area contributed by atoms with Gasteiger partial charge >= 0.3 is 0 Å². The third-order valence-corrected chi connectivity index (χ3v) is 6.40. The van der Waals surface area contributed by atoms with Crippen LogP contribution in [0.25, 0.3) is 0 Å². The van der Waals surface area contributed by atoms with Gasteiger partial charge in [0.1, 0.15) is 6.10 Å². The van der Waals surface area contributed by atoms with Gasteiger partial charge < -0.3 is 4.74 Å². The van der Waals surface area contributed by atoms with Crippen LogP contribution < -0.4 is 5.32 Å². The molecule has 2 aromatic rings. The molecule has 1 aliphatic rings. The van der Waals surface area contributed by atoms with Crippen molar-refractivity contribution in [3.8, 4) is 0 Å². The first-order chi connectivity index (χ1) is 11.5. The summed E-state index contributed by atoms with van der Waals surface area (Å²) in [7, 11) is 0. The van der Waals surface area contributed by atoms with E-state index in [1.54, 1.807) is 0 Å². The molecule has 0 amide bonds. The van der Waals surface area contributed by atoms with E-state index in [-0.39, 0.29) is 12.2 Å². The highest BCUT2D eigenvalue weighted by Crippen LogP contribution is 2.39. The second-order valence-electron chi connectivity index (χ2n) is 5.72. The first-order valence-electron chi connectivity index (χ1n) is 7.73. The van der Waals surface area contributed by atoms with Gasteiger partial charge in [0, 0.05) is 31.0 Å². The highest BCUT2D eigenvalue weighted by Gasteiger charge is 2.25. The van der Waals surface area contributed by atoms with Crippen LogP contribution in [-0.2, 0) is 4.74 Å². The molecule has 0 aromatic heterocycles. The number of piperidine rings is 1. The summed E-state index contributed by atoms with van der Waals surface area (Å²) < 4.78 is 10.7. The average molecular weight is 582 g/mol. The molecular weight excluding hydrogens is 566 g/mol. The summed E-state index contributed by atoms with van der Waals surface area (Å²) in [5.41, 5.74) is 2.26. The Morgan fingerprint density at radius 2 is 1.33 bits per heavy atom. The summed E-state index contributed by atoms with van der Waals surface area (Å²) in [4.78, 5) is 0. The number of hydrogen-bond acceptors (Lipinski definition) is 1. The molecule has 0 spiro atoms. The molecule has 1 heterocycles. The fourth-order valence-corrected chi connectivity index (χ4v) is 5.31. The molecule has 2 aromatic carbocycles. The molecule has 1 saturated heterocycles. The largest absolute Gasteiger partial charge is 0.365 e. The first kappa shape index (κ1) is 19.1. The van der Waals surface area contributed by atoms with Crippen LogP contribution >= 0.6 is 63.7 Å². The molecule has 24 heavy (non-hydrogen) atoms. The quantitative estimate of drug-likeness (QED) is 0.399. The molecule has 3 rings (SSSR count). The molecule has 0 unspecified atom stereocenters. The molecule has 0 N–H and O–H groups in total. The maximum Gasteiger partial charge on any atom is 0.110 e. The minimum absolute atomic E-state index is 0.127. The second kappa shape index (κ2) is 8.78. The van der Waals surface area contributed by atoms with E-state index in [9.17, 15) is 0 Å². The van der Waals surface area contributed by atoms with Crippen molar-refractivity contribution >= 4 is 63.7 Å². The summed E-state index contributed by atoms with van der Waals surface area (Å²) >= 11 is 14.4. The van der Waals surface area contributed by atoms with Crippen molar-refractivity contribution in [2.75, 3.05) is 13.1 Å². The van der Waals surface area contributed by atoms with Crippen LogP contribution in [0.1, 0.15) is 30.1 Å². The lowest BCUT2D eigenvalue weighted by Gasteiger charge is -2.29. The van der Waals surface area contributed by atoms with Crippen LogP contribution in [0.15, 0.2) is 54.3 Å². The molecule has 2 nitrogen and oxygen atoms in total. The molecule has 1 aliphatic heterocycles. The summed E-state index contributed by atoms with van der Waals surface area (Å²) in [5.74, 6) is 0. The van der Waals surface area contributed by atoms with Gasteiger partial charge in [0.05, 0.1) is 6.10 Å². The Labute approximate surface area is 176 Å². The maximum atomic E-state index is 6.55. The smallest absolute Gasteiger partial charge is 0.110 e. The molecule has 0 aliphatic carbocycles. The van der Waals surface area contributed by atoms with E-state index in [1.807, 2.05) is 0 Å². The van der Waals surface area contributed by atoms with Crippen LogP contribution in [0.2, 0.25) is 0 Å². The zero-order valence-electron chi connectivity index (χ0n) is 12.8. The molecule has 0 atom stereocenters. The normalized spacial score (nSPS) is 15.9. The van der Waals surface area contributed by atoms with Gasteiger partial charge in [-0.3, -0.25) is 0 Å². The topological polar surface area (TPSA) is 23.3 Å². The van der Waals surface area contributed by atoms with Crippen molar-refractivity contribution < 1.29 is 4.74 Å². The van der Waals surface area contributed by atoms with Crippen molar-refractivity contribution in [3.63, 3.8) is 0 Å². The predicted octanol–water partition coefficient (Wildman–Crippen LogP) is 6.61. The molecule has 1 fully saturated rings. The Bertz CT molecular complexity index is 665. The van der Waals surface area contributed by atoms with Crippen LogP contribution in [0.3, 0.4) is 0 Å². The lowest BCUT2D eigenvalue weighted by atomic mass is 10.00. The van der Waals surface area contributed by atoms with Crippen LogP contribution in [0, 0.1) is 0 Å². The predicted molar refractivity (Wildman–Crippen MR) is 112 cm³/mol. The number of nitrogens with zero attached hydrogens (tertiary/aromatic N) is 1. The summed E-state index contributed by atoms with van der Waals surface area (Å²) in [5, 5.41) is 4.43. The summed E-state index contributed by atoms with van der Waals surface area (Å²) in [6.45, 7) is 1.78. The van der Waals surface area contributed by atoms with Crippen molar-refractivity contribution in [2.24, 2.45) is 0 Å². The number of benzene rings is 2. The number of hydrogen-bond donors (Lipinski definition) is 0. The van der Waals surface area contributed by atoms with E-state index in [4.69, 9.17) is 4.74 Å². The van der Waals surface area contributed by atoms with Gasteiger partial charge in [-0.15, -0.1) is 0 Å². The van der Waals surface area contributed by atoms with Crippen molar-refractivity contribution in [1.29, 1.82) is 0 Å². The van der Waals surface area contributed by atoms with Gasteiger partial charge in [0.2, 0.25) is 0 Å². The Hall–Kier alpha value is 0.280. The highest BCUT2D eigenvalue weighted by molar-refractivity contribution is 9.11. The Balaban J connectivity index is 1.99. The van der Waals surface area contributed by atoms with E-state index in [0.29, 0.717) is 0 Å². The zero-order chi connectivity index (χ0) is 17.1. The third kappa shape index (κ3) is 4.71. The summed E-state index contributed by atoms with van der Waals surface area (Å²) in [6.07, 6.45) is 2.08. The Morgan fingerprint density at radius 1 is 0.833 bits per heavy atom. The fourth-order valence-electron chi connectivity index (χ4n) is 2.80. The minimum Gasteiger partial charge on any atom is -0.365 e. The lowest BCUT2D eigenvalue weighted by Crippen LogP contribution is -2.30. The van der Waals surface area contributed by atoms with Crippen LogP contribution in [0.5, 0.6) is 0 Å². The van der Waals surface area contributed by atoms with Gasteiger partial charge in [-0.05, 0) is 48.2 Å². The second-order valence-corrected chi connectivity index (χ2v) is 9.26. The van der Waals surface area contributed by atoms with E-state index < -0.39 is 0 Å². The molecule has 127 valence electrons. The van der Waals surface area contributed by atoms with Crippen molar-refractivity contribution in [3.05, 3.63) is 65.4 Å². The molecule has 0 saturated carbocycles. The molecular formula is C18H16Br4NO. The zero-order valence-corrected chi connectivity index (χ0v) is 19.2. The van der Waals surface area contributed by atoms with E-state index >= 15 is 0 Å². The van der Waals surface area contributed by atoms with Gasteiger partial charge in [-0.2, -0.15) is 0 Å². The lowest BCUT2D eigenvalue weighted by molar-refractivity contribution is -0.00911. The van der Waals surface area contributed by atoms with Gasteiger partial charge in [0.15, 0.2) is 0 Å². The first-order valence-corrected chi connectivity index (χ1v) is 10.9. The maximum absolute atomic E-state index is 6.55. The fraction of sp³-hybridized carbons (Fsp3) is 0.333. The summed E-state index contributed by atoms with van der Waals surface area (Å²) in [6, 6.07) is 12.5. The van der Waals surface area contributed by atoms with Gasteiger partial charge in [-0.1, -0.05) is 75.9 Å². The van der Waals surface area contributed by atoms with Crippen molar-refractivity contribution in [2.45, 2.75) is 25.0 Å². The van der Waals surface area contributed by atoms with Crippen LogP contribution in [-0.4, -0.2) is 19.2 Å². The van der Waals surface area contributed by atoms with E-state index in [1.165, 1.54) is 0 Å². The molecule has 1 radical (unpaired) electrons. The van der Waals surface area contributed by atoms with Gasteiger partial charge in [-0.25, -0.2) is 5.32 Å². The Kier molecular flexibility index (Phi) is 6.97. The third-order valence-electron chi connectivity index (χ3n) is 4.04. The highest BCUT2D eigenvalue weighted by atomic mass is 79.9. The number of ether oxygens (including phenoxy) is 1.